The maximum Gasteiger partial charge on any atom is 0.243 e. The molecule has 0 saturated carbocycles. The molecule has 2 aromatic carbocycles. The minimum absolute atomic E-state index is 0.0722. The van der Waals surface area contributed by atoms with Crippen LogP contribution in [0, 0.1) is 6.92 Å². The van der Waals surface area contributed by atoms with Gasteiger partial charge in [0.25, 0.3) is 0 Å². The summed E-state index contributed by atoms with van der Waals surface area (Å²) in [6, 6.07) is 11.3. The van der Waals surface area contributed by atoms with Crippen LogP contribution in [0.25, 0.3) is 0 Å². The lowest BCUT2D eigenvalue weighted by molar-refractivity contribution is 0.436. The molecule has 5 nitrogen and oxygen atoms in total. The molecule has 0 aliphatic heterocycles. The summed E-state index contributed by atoms with van der Waals surface area (Å²) >= 11 is 0. The van der Waals surface area contributed by atoms with Crippen LogP contribution in [0.4, 0.5) is 5.69 Å². The van der Waals surface area contributed by atoms with E-state index in [1.165, 1.54) is 29.6 Å². The summed E-state index contributed by atoms with van der Waals surface area (Å²) in [5, 5.41) is 9.73. The summed E-state index contributed by atoms with van der Waals surface area (Å²) in [5.41, 5.74) is 7.58. The van der Waals surface area contributed by atoms with E-state index in [9.17, 15) is 13.5 Å². The number of nitrogens with two attached hydrogens (primary N) is 1. The van der Waals surface area contributed by atoms with Gasteiger partial charge in [-0.1, -0.05) is 24.3 Å². The molecule has 2 rings (SSSR count). The van der Waals surface area contributed by atoms with Gasteiger partial charge in [-0.05, 0) is 30.7 Å². The fourth-order valence-electron chi connectivity index (χ4n) is 1.93. The number of nitrogens with zero attached hydrogens (tertiary/aromatic N) is 1. The van der Waals surface area contributed by atoms with Crippen LogP contribution in [0.3, 0.4) is 0 Å². The normalized spacial score (nSPS) is 11.8. The first kappa shape index (κ1) is 15.3. The number of aryl methyl sites for hydroxylation is 1. The van der Waals surface area contributed by atoms with Crippen LogP contribution in [0.1, 0.15) is 11.1 Å². The average Bonchev–Trinajstić information content (AvgIpc) is 2.44. The number of aromatic hydroxyl groups is 1. The van der Waals surface area contributed by atoms with E-state index in [2.05, 4.69) is 0 Å². The molecule has 0 unspecified atom stereocenters. The Morgan fingerprint density at radius 2 is 1.86 bits per heavy atom. The van der Waals surface area contributed by atoms with Gasteiger partial charge in [0, 0.05) is 24.8 Å². The number of hydrogen-bond acceptors (Lipinski definition) is 4. The summed E-state index contributed by atoms with van der Waals surface area (Å²) in [7, 11) is -2.18. The second-order valence-corrected chi connectivity index (χ2v) is 6.95. The molecule has 21 heavy (non-hydrogen) atoms. The minimum Gasteiger partial charge on any atom is -0.508 e. The molecule has 0 aromatic heterocycles. The molecule has 112 valence electrons. The quantitative estimate of drug-likeness (QED) is 0.847. The Labute approximate surface area is 124 Å². The number of sulfonamides is 1. The third-order valence-corrected chi connectivity index (χ3v) is 5.14. The van der Waals surface area contributed by atoms with Gasteiger partial charge < -0.3 is 10.8 Å². The molecule has 0 radical (unpaired) electrons. The zero-order valence-corrected chi connectivity index (χ0v) is 12.8. The van der Waals surface area contributed by atoms with Crippen LogP contribution >= 0.6 is 0 Å². The number of para-hydroxylation sites is 1. The van der Waals surface area contributed by atoms with Gasteiger partial charge in [0.1, 0.15) is 5.75 Å². The van der Waals surface area contributed by atoms with Crippen molar-refractivity contribution in [3.05, 3.63) is 53.6 Å². The minimum atomic E-state index is -3.65. The van der Waals surface area contributed by atoms with Gasteiger partial charge in [-0.25, -0.2) is 8.42 Å². The summed E-state index contributed by atoms with van der Waals surface area (Å²) in [5.74, 6) is 0.0722. The fourth-order valence-corrected chi connectivity index (χ4v) is 3.11. The van der Waals surface area contributed by atoms with E-state index in [0.29, 0.717) is 11.3 Å². The predicted molar refractivity (Wildman–Crippen MR) is 82.4 cm³/mol. The summed E-state index contributed by atoms with van der Waals surface area (Å²) in [4.78, 5) is 0.142. The smallest absolute Gasteiger partial charge is 0.243 e. The van der Waals surface area contributed by atoms with Crippen LogP contribution in [0.2, 0.25) is 0 Å². The summed E-state index contributed by atoms with van der Waals surface area (Å²) in [6.07, 6.45) is 0. The second kappa shape index (κ2) is 5.75. The number of phenols is 1. The van der Waals surface area contributed by atoms with Crippen molar-refractivity contribution in [3.8, 4) is 5.75 Å². The predicted octanol–water partition coefficient (Wildman–Crippen LogP) is 2.10. The number of benzene rings is 2. The highest BCUT2D eigenvalue weighted by Gasteiger charge is 2.22. The number of hydrogen-bond donors (Lipinski definition) is 2. The van der Waals surface area contributed by atoms with Gasteiger partial charge >= 0.3 is 0 Å². The van der Waals surface area contributed by atoms with Crippen molar-refractivity contribution in [2.75, 3.05) is 12.8 Å². The highest BCUT2D eigenvalue weighted by Crippen LogP contribution is 2.23. The van der Waals surface area contributed by atoms with Crippen LogP contribution in [-0.4, -0.2) is 24.9 Å². The van der Waals surface area contributed by atoms with Crippen molar-refractivity contribution in [1.82, 2.24) is 4.31 Å². The van der Waals surface area contributed by atoms with E-state index < -0.39 is 10.0 Å². The highest BCUT2D eigenvalue weighted by molar-refractivity contribution is 7.89. The van der Waals surface area contributed by atoms with Crippen molar-refractivity contribution >= 4 is 15.7 Å². The van der Waals surface area contributed by atoms with Gasteiger partial charge in [-0.2, -0.15) is 4.31 Å². The molecular weight excluding hydrogens is 288 g/mol. The van der Waals surface area contributed by atoms with Crippen molar-refractivity contribution in [1.29, 1.82) is 0 Å². The van der Waals surface area contributed by atoms with E-state index in [4.69, 9.17) is 5.73 Å². The molecular formula is C15H18N2O3S. The number of anilines is 1. The topological polar surface area (TPSA) is 83.6 Å². The lowest BCUT2D eigenvalue weighted by atomic mass is 10.2. The molecule has 3 N–H and O–H groups in total. The van der Waals surface area contributed by atoms with Crippen LogP contribution in [0.5, 0.6) is 5.75 Å². The maximum atomic E-state index is 12.5. The van der Waals surface area contributed by atoms with Crippen LogP contribution < -0.4 is 5.73 Å². The Morgan fingerprint density at radius 3 is 2.48 bits per heavy atom. The first-order valence-corrected chi connectivity index (χ1v) is 7.85. The van der Waals surface area contributed by atoms with E-state index in [-0.39, 0.29) is 17.2 Å². The molecule has 0 heterocycles. The van der Waals surface area contributed by atoms with E-state index in [1.54, 1.807) is 24.3 Å². The average molecular weight is 306 g/mol. The largest absolute Gasteiger partial charge is 0.508 e. The maximum absolute atomic E-state index is 12.5. The molecule has 0 atom stereocenters. The molecule has 0 spiro atoms. The number of nitrogen functional groups attached to an aromatic ring is 1. The molecule has 0 amide bonds. The lowest BCUT2D eigenvalue weighted by Gasteiger charge is -2.18. The summed E-state index contributed by atoms with van der Waals surface area (Å²) in [6.45, 7) is 1.90. The van der Waals surface area contributed by atoms with Crippen molar-refractivity contribution in [2.24, 2.45) is 0 Å². The van der Waals surface area contributed by atoms with Gasteiger partial charge in [-0.3, -0.25) is 0 Å². The first-order chi connectivity index (χ1) is 9.82. The summed E-state index contributed by atoms with van der Waals surface area (Å²) < 4.78 is 26.2. The van der Waals surface area contributed by atoms with E-state index >= 15 is 0 Å². The first-order valence-electron chi connectivity index (χ1n) is 6.41. The Kier molecular flexibility index (Phi) is 4.20. The molecule has 0 aliphatic rings. The standard InChI is InChI=1S/C15H18N2O3S/c1-11-7-8-13(9-14(11)16)21(19,20)17(2)10-12-5-3-4-6-15(12)18/h3-9,18H,10,16H2,1-2H3. The van der Waals surface area contributed by atoms with Crippen LogP contribution in [0.15, 0.2) is 47.4 Å². The van der Waals surface area contributed by atoms with Gasteiger partial charge in [0.2, 0.25) is 10.0 Å². The zero-order chi connectivity index (χ0) is 15.6. The number of rotatable bonds is 4. The van der Waals surface area contributed by atoms with E-state index in [1.807, 2.05) is 6.92 Å². The fraction of sp³-hybridized carbons (Fsp3) is 0.200. The Hall–Kier alpha value is -2.05. The SMILES string of the molecule is Cc1ccc(S(=O)(=O)N(C)Cc2ccccc2O)cc1N. The Balaban J connectivity index is 2.30. The highest BCUT2D eigenvalue weighted by atomic mass is 32.2. The zero-order valence-electron chi connectivity index (χ0n) is 11.9. The third kappa shape index (κ3) is 3.17. The molecule has 0 fully saturated rings. The molecule has 0 saturated heterocycles. The van der Waals surface area contributed by atoms with Crippen LogP contribution in [-0.2, 0) is 16.6 Å². The monoisotopic (exact) mass is 306 g/mol. The van der Waals surface area contributed by atoms with Crippen molar-refractivity contribution in [2.45, 2.75) is 18.4 Å². The van der Waals surface area contributed by atoms with Gasteiger partial charge in [-0.15, -0.1) is 0 Å². The molecule has 2 aromatic rings. The van der Waals surface area contributed by atoms with Crippen molar-refractivity contribution in [3.63, 3.8) is 0 Å². The number of phenolic OH excluding ortho intramolecular Hbond substituents is 1. The second-order valence-electron chi connectivity index (χ2n) is 4.91. The molecule has 6 heteroatoms. The van der Waals surface area contributed by atoms with Gasteiger partial charge in [0.05, 0.1) is 4.90 Å². The Bertz CT molecular complexity index is 757. The lowest BCUT2D eigenvalue weighted by Crippen LogP contribution is -2.26. The molecule has 0 bridgehead atoms. The third-order valence-electron chi connectivity index (χ3n) is 3.34. The van der Waals surface area contributed by atoms with Gasteiger partial charge in [0.15, 0.2) is 0 Å². The van der Waals surface area contributed by atoms with E-state index in [0.717, 1.165) is 5.56 Å². The Morgan fingerprint density at radius 1 is 1.19 bits per heavy atom. The molecule has 0 aliphatic carbocycles. The van der Waals surface area contributed by atoms with Crippen molar-refractivity contribution < 1.29 is 13.5 Å².